The van der Waals surface area contributed by atoms with E-state index in [4.69, 9.17) is 5.26 Å². The summed E-state index contributed by atoms with van der Waals surface area (Å²) in [6.07, 6.45) is 0.193. The molecule has 2 atom stereocenters. The van der Waals surface area contributed by atoms with Crippen LogP contribution in [0, 0.1) is 23.2 Å². The molecule has 16 heavy (non-hydrogen) atoms. The molecule has 0 saturated carbocycles. The fraction of sp³-hybridized carbons (Fsp3) is 0.727. The van der Waals surface area contributed by atoms with Gasteiger partial charge in [0, 0.05) is 18.3 Å². The molecule has 5 nitrogen and oxygen atoms in total. The Hall–Kier alpha value is -1.57. The van der Waals surface area contributed by atoms with Gasteiger partial charge in [-0.1, -0.05) is 20.8 Å². The molecule has 0 aliphatic heterocycles. The molecular formula is C11H18N2O3. The summed E-state index contributed by atoms with van der Waals surface area (Å²) in [5.74, 6) is -1.21. The van der Waals surface area contributed by atoms with E-state index in [2.05, 4.69) is 10.1 Å². The molecule has 0 radical (unpaired) electrons. The number of rotatable bonds is 5. The van der Waals surface area contributed by atoms with E-state index in [1.807, 2.05) is 6.07 Å². The lowest BCUT2D eigenvalue weighted by Crippen LogP contribution is -2.47. The number of hydrogen-bond donors (Lipinski definition) is 1. The predicted octanol–water partition coefficient (Wildman–Crippen LogP) is 0.850. The summed E-state index contributed by atoms with van der Waals surface area (Å²) in [6.45, 7) is 5.20. The Labute approximate surface area is 95.8 Å². The van der Waals surface area contributed by atoms with Crippen LogP contribution in [0.25, 0.3) is 0 Å². The van der Waals surface area contributed by atoms with Gasteiger partial charge in [-0.15, -0.1) is 0 Å². The molecule has 0 bridgehead atoms. The van der Waals surface area contributed by atoms with Crippen molar-refractivity contribution in [1.29, 1.82) is 5.26 Å². The van der Waals surface area contributed by atoms with E-state index in [0.29, 0.717) is 0 Å². The third-order valence-electron chi connectivity index (χ3n) is 2.26. The Morgan fingerprint density at radius 3 is 2.31 bits per heavy atom. The molecule has 0 aromatic rings. The highest BCUT2D eigenvalue weighted by Crippen LogP contribution is 2.10. The fourth-order valence-electron chi connectivity index (χ4n) is 1.14. The van der Waals surface area contributed by atoms with Gasteiger partial charge in [-0.25, -0.2) is 4.79 Å². The van der Waals surface area contributed by atoms with E-state index >= 15 is 0 Å². The minimum atomic E-state index is -0.750. The molecule has 90 valence electrons. The number of nitriles is 1. The SMILES string of the molecule is COC(=O)[C@H](NC(=O)C(C)C)[C@@H](C)CC#N. The summed E-state index contributed by atoms with van der Waals surface area (Å²) in [5.41, 5.74) is 0. The van der Waals surface area contributed by atoms with Crippen LogP contribution in [-0.4, -0.2) is 25.0 Å². The maximum Gasteiger partial charge on any atom is 0.328 e. The highest BCUT2D eigenvalue weighted by molar-refractivity contribution is 5.85. The Morgan fingerprint density at radius 2 is 1.94 bits per heavy atom. The molecule has 1 N–H and O–H groups in total. The zero-order chi connectivity index (χ0) is 12.7. The Morgan fingerprint density at radius 1 is 1.38 bits per heavy atom. The van der Waals surface area contributed by atoms with Crippen molar-refractivity contribution in [2.24, 2.45) is 11.8 Å². The largest absolute Gasteiger partial charge is 0.467 e. The summed E-state index contributed by atoms with van der Waals surface area (Å²) in [4.78, 5) is 22.9. The van der Waals surface area contributed by atoms with Crippen molar-refractivity contribution in [3.63, 3.8) is 0 Å². The average molecular weight is 226 g/mol. The van der Waals surface area contributed by atoms with Crippen LogP contribution in [0.15, 0.2) is 0 Å². The van der Waals surface area contributed by atoms with Gasteiger partial charge in [0.15, 0.2) is 0 Å². The number of amides is 1. The second kappa shape index (κ2) is 6.83. The van der Waals surface area contributed by atoms with Crippen molar-refractivity contribution < 1.29 is 14.3 Å². The van der Waals surface area contributed by atoms with Crippen molar-refractivity contribution in [3.05, 3.63) is 0 Å². The molecule has 5 heteroatoms. The number of nitrogens with one attached hydrogen (secondary N) is 1. The highest BCUT2D eigenvalue weighted by Gasteiger charge is 2.28. The maximum absolute atomic E-state index is 11.5. The summed E-state index contributed by atoms with van der Waals surface area (Å²) < 4.78 is 4.60. The number of carbonyl (C=O) groups is 2. The molecule has 0 unspecified atom stereocenters. The van der Waals surface area contributed by atoms with Crippen LogP contribution >= 0.6 is 0 Å². The van der Waals surface area contributed by atoms with E-state index in [-0.39, 0.29) is 24.2 Å². The number of methoxy groups -OCH3 is 1. The van der Waals surface area contributed by atoms with Crippen LogP contribution in [-0.2, 0) is 14.3 Å². The van der Waals surface area contributed by atoms with Gasteiger partial charge in [-0.2, -0.15) is 5.26 Å². The smallest absolute Gasteiger partial charge is 0.328 e. The van der Waals surface area contributed by atoms with Gasteiger partial charge in [0.25, 0.3) is 0 Å². The van der Waals surface area contributed by atoms with Crippen LogP contribution in [0.2, 0.25) is 0 Å². The molecule has 0 saturated heterocycles. The zero-order valence-corrected chi connectivity index (χ0v) is 10.1. The normalized spacial score (nSPS) is 13.8. The van der Waals surface area contributed by atoms with Crippen molar-refractivity contribution in [1.82, 2.24) is 5.32 Å². The number of esters is 1. The van der Waals surface area contributed by atoms with E-state index in [0.717, 1.165) is 0 Å². The van der Waals surface area contributed by atoms with Gasteiger partial charge in [-0.3, -0.25) is 4.79 Å². The maximum atomic E-state index is 11.5. The summed E-state index contributed by atoms with van der Waals surface area (Å²) in [6, 6.07) is 1.22. The first-order chi connectivity index (χ1) is 7.43. The summed E-state index contributed by atoms with van der Waals surface area (Å²) in [7, 11) is 1.26. The lowest BCUT2D eigenvalue weighted by atomic mass is 9.98. The lowest BCUT2D eigenvalue weighted by molar-refractivity contribution is -0.146. The van der Waals surface area contributed by atoms with Crippen molar-refractivity contribution in [2.45, 2.75) is 33.2 Å². The van der Waals surface area contributed by atoms with Crippen LogP contribution in [0.1, 0.15) is 27.2 Å². The van der Waals surface area contributed by atoms with Gasteiger partial charge in [-0.05, 0) is 0 Å². The van der Waals surface area contributed by atoms with Crippen LogP contribution in [0.4, 0.5) is 0 Å². The molecule has 1 amide bonds. The molecule has 0 aliphatic carbocycles. The van der Waals surface area contributed by atoms with Gasteiger partial charge in [0.2, 0.25) is 5.91 Å². The van der Waals surface area contributed by atoms with Crippen molar-refractivity contribution in [2.75, 3.05) is 7.11 Å². The Kier molecular flexibility index (Phi) is 6.16. The van der Waals surface area contributed by atoms with Crippen molar-refractivity contribution >= 4 is 11.9 Å². The summed E-state index contributed by atoms with van der Waals surface area (Å²) >= 11 is 0. The molecular weight excluding hydrogens is 208 g/mol. The average Bonchev–Trinajstić information content (AvgIpc) is 2.24. The fourth-order valence-corrected chi connectivity index (χ4v) is 1.14. The Balaban J connectivity index is 4.63. The van der Waals surface area contributed by atoms with E-state index < -0.39 is 12.0 Å². The molecule has 0 aromatic heterocycles. The first-order valence-corrected chi connectivity index (χ1v) is 5.19. The second-order valence-electron chi connectivity index (χ2n) is 4.00. The predicted molar refractivity (Wildman–Crippen MR) is 58.2 cm³/mol. The zero-order valence-electron chi connectivity index (χ0n) is 10.1. The van der Waals surface area contributed by atoms with Crippen molar-refractivity contribution in [3.8, 4) is 6.07 Å². The minimum Gasteiger partial charge on any atom is -0.467 e. The van der Waals surface area contributed by atoms with E-state index in [9.17, 15) is 9.59 Å². The second-order valence-corrected chi connectivity index (χ2v) is 4.00. The highest BCUT2D eigenvalue weighted by atomic mass is 16.5. The summed E-state index contributed by atoms with van der Waals surface area (Å²) in [5, 5.41) is 11.2. The van der Waals surface area contributed by atoms with Crippen LogP contribution in [0.5, 0.6) is 0 Å². The standard InChI is InChI=1S/C11H18N2O3/c1-7(2)10(14)13-9(11(15)16-4)8(3)5-6-12/h7-9H,5H2,1-4H3,(H,13,14)/t8-,9+/m0/s1. The van der Waals surface area contributed by atoms with Gasteiger partial charge < -0.3 is 10.1 Å². The topological polar surface area (TPSA) is 79.2 Å². The first-order valence-electron chi connectivity index (χ1n) is 5.19. The third kappa shape index (κ3) is 4.30. The van der Waals surface area contributed by atoms with Crippen LogP contribution < -0.4 is 5.32 Å². The molecule has 0 rings (SSSR count). The number of hydrogen-bond acceptors (Lipinski definition) is 4. The molecule has 0 aliphatic rings. The number of nitrogens with zero attached hydrogens (tertiary/aromatic N) is 1. The van der Waals surface area contributed by atoms with E-state index in [1.54, 1.807) is 20.8 Å². The monoisotopic (exact) mass is 226 g/mol. The first kappa shape index (κ1) is 14.4. The molecule has 0 spiro atoms. The third-order valence-corrected chi connectivity index (χ3v) is 2.26. The number of ether oxygens (including phenoxy) is 1. The van der Waals surface area contributed by atoms with Crippen LogP contribution in [0.3, 0.4) is 0 Å². The van der Waals surface area contributed by atoms with Gasteiger partial charge >= 0.3 is 5.97 Å². The van der Waals surface area contributed by atoms with E-state index in [1.165, 1.54) is 7.11 Å². The van der Waals surface area contributed by atoms with Gasteiger partial charge in [0.1, 0.15) is 6.04 Å². The molecule has 0 aromatic carbocycles. The number of carbonyl (C=O) groups excluding carboxylic acids is 2. The quantitative estimate of drug-likeness (QED) is 0.705. The molecule has 0 fully saturated rings. The molecule has 0 heterocycles. The lowest BCUT2D eigenvalue weighted by Gasteiger charge is -2.21. The van der Waals surface area contributed by atoms with Gasteiger partial charge in [0.05, 0.1) is 13.2 Å². The minimum absolute atomic E-state index is 0.193. The Bertz CT molecular complexity index is 294.